The molecule has 0 aliphatic carbocycles. The molecular formula is C22H26BrCl3N4O4. The lowest BCUT2D eigenvalue weighted by Crippen LogP contribution is -2.61. The minimum atomic E-state index is -2.37. The third-order valence-corrected chi connectivity index (χ3v) is 7.00. The van der Waals surface area contributed by atoms with Gasteiger partial charge in [0.2, 0.25) is 0 Å². The molecule has 1 fully saturated rings. The van der Waals surface area contributed by atoms with E-state index in [4.69, 9.17) is 39.5 Å². The molecule has 0 spiro atoms. The zero-order chi connectivity index (χ0) is 26.1. The molecule has 1 heterocycles. The molecule has 4 amide bonds. The number of imide groups is 1. The Morgan fingerprint density at radius 2 is 1.65 bits per heavy atom. The molecule has 0 bridgehead atoms. The highest BCUT2D eigenvalue weighted by molar-refractivity contribution is 9.10. The van der Waals surface area contributed by atoms with Gasteiger partial charge in [-0.15, -0.1) is 0 Å². The molecule has 0 saturated carbocycles. The maximum Gasteiger partial charge on any atom is 0.410 e. The van der Waals surface area contributed by atoms with Crippen molar-refractivity contribution >= 4 is 74.5 Å². The number of anilines is 1. The van der Waals surface area contributed by atoms with Crippen LogP contribution in [0.4, 0.5) is 15.3 Å². The van der Waals surface area contributed by atoms with Crippen LogP contribution in [-0.4, -0.2) is 51.0 Å². The lowest BCUT2D eigenvalue weighted by atomic mass is 9.86. The van der Waals surface area contributed by atoms with E-state index in [1.165, 1.54) is 9.80 Å². The molecule has 1 aromatic carbocycles. The molecule has 0 radical (unpaired) electrons. The number of ether oxygens (including phenoxy) is 1. The lowest BCUT2D eigenvalue weighted by Gasteiger charge is -2.44. The normalized spacial score (nSPS) is 15.8. The first-order valence-corrected chi connectivity index (χ1v) is 12.3. The number of urea groups is 1. The van der Waals surface area contributed by atoms with Crippen molar-refractivity contribution in [3.05, 3.63) is 27.7 Å². The number of carbonyl (C=O) groups excluding carboxylic acids is 3. The zero-order valence-corrected chi connectivity index (χ0v) is 23.3. The summed E-state index contributed by atoms with van der Waals surface area (Å²) >= 11 is 20.4. The number of nitrogens with zero attached hydrogens (tertiary/aromatic N) is 3. The van der Waals surface area contributed by atoms with Crippen LogP contribution in [0, 0.1) is 25.2 Å². The fraction of sp³-hybridized carbons (Fsp3) is 0.545. The highest BCUT2D eigenvalue weighted by Gasteiger charge is 2.46. The summed E-state index contributed by atoms with van der Waals surface area (Å²) in [7, 11) is 0. The molecule has 0 aromatic heterocycles. The molecule has 2 rings (SSSR count). The third kappa shape index (κ3) is 6.69. The van der Waals surface area contributed by atoms with Crippen LogP contribution in [0.15, 0.2) is 16.6 Å². The van der Waals surface area contributed by atoms with E-state index < -0.39 is 33.0 Å². The molecule has 186 valence electrons. The Morgan fingerprint density at radius 1 is 1.15 bits per heavy atom. The summed E-state index contributed by atoms with van der Waals surface area (Å²) in [5.41, 5.74) is -0.0142. The maximum absolute atomic E-state index is 13.3. The van der Waals surface area contributed by atoms with Gasteiger partial charge in [0.25, 0.3) is 9.70 Å². The largest absolute Gasteiger partial charge is 0.444 e. The molecular weight excluding hydrogens is 571 g/mol. The van der Waals surface area contributed by atoms with Crippen LogP contribution in [0.5, 0.6) is 0 Å². The number of hydrogen-bond donors (Lipinski definition) is 1. The number of piperidine rings is 1. The number of benzene rings is 1. The van der Waals surface area contributed by atoms with Crippen LogP contribution in [0.1, 0.15) is 44.7 Å². The molecule has 1 aromatic rings. The van der Waals surface area contributed by atoms with E-state index in [0.29, 0.717) is 5.69 Å². The van der Waals surface area contributed by atoms with Gasteiger partial charge < -0.3 is 9.64 Å². The standard InChI is InChI=1S/C22H26BrCl3N4O4/c1-13-10-15(11-14(2)16(13)23)30(18(32)28-17(31)22(24,25)26)21(12-27)6-8-29(9-7-21)19(33)34-20(3,4)5/h10-11H,6-9H2,1-5H3,(H,28,31,32). The Kier molecular flexibility index (Phi) is 8.79. The summed E-state index contributed by atoms with van der Waals surface area (Å²) in [6, 6.07) is 4.76. The summed E-state index contributed by atoms with van der Waals surface area (Å²) in [6.45, 7) is 9.31. The number of rotatable bonds is 2. The second-order valence-corrected chi connectivity index (χ2v) is 12.2. The number of carbonyl (C=O) groups is 3. The molecule has 1 N–H and O–H groups in total. The number of amides is 4. The first kappa shape index (κ1) is 28.5. The number of nitriles is 1. The van der Waals surface area contributed by atoms with Crippen molar-refractivity contribution in [2.45, 2.75) is 62.4 Å². The van der Waals surface area contributed by atoms with E-state index in [2.05, 4.69) is 27.3 Å². The van der Waals surface area contributed by atoms with E-state index in [1.807, 2.05) is 13.8 Å². The smallest absolute Gasteiger partial charge is 0.410 e. The number of aryl methyl sites for hydroxylation is 2. The number of alkyl halides is 3. The van der Waals surface area contributed by atoms with E-state index in [-0.39, 0.29) is 25.9 Å². The maximum atomic E-state index is 13.3. The average molecular weight is 597 g/mol. The number of likely N-dealkylation sites (tertiary alicyclic amines) is 1. The zero-order valence-electron chi connectivity index (χ0n) is 19.5. The predicted octanol–water partition coefficient (Wildman–Crippen LogP) is 5.77. The average Bonchev–Trinajstić information content (AvgIpc) is 2.70. The van der Waals surface area contributed by atoms with Crippen LogP contribution in [0.3, 0.4) is 0 Å². The van der Waals surface area contributed by atoms with Crippen molar-refractivity contribution < 1.29 is 19.1 Å². The lowest BCUT2D eigenvalue weighted by molar-refractivity contribution is -0.119. The van der Waals surface area contributed by atoms with Crippen LogP contribution in [-0.2, 0) is 9.53 Å². The Bertz CT molecular complexity index is 999. The van der Waals surface area contributed by atoms with Gasteiger partial charge in [-0.1, -0.05) is 50.7 Å². The van der Waals surface area contributed by atoms with E-state index >= 15 is 0 Å². The van der Waals surface area contributed by atoms with E-state index in [9.17, 15) is 19.6 Å². The Balaban J connectivity index is 2.45. The van der Waals surface area contributed by atoms with Crippen molar-refractivity contribution in [3.8, 4) is 6.07 Å². The molecule has 8 nitrogen and oxygen atoms in total. The van der Waals surface area contributed by atoms with Gasteiger partial charge in [0.1, 0.15) is 11.1 Å². The van der Waals surface area contributed by atoms with Gasteiger partial charge >= 0.3 is 12.1 Å². The van der Waals surface area contributed by atoms with Gasteiger partial charge in [-0.3, -0.25) is 15.0 Å². The number of nitrogens with one attached hydrogen (secondary N) is 1. The van der Waals surface area contributed by atoms with Crippen LogP contribution >= 0.6 is 50.7 Å². The quantitative estimate of drug-likeness (QED) is 0.437. The minimum Gasteiger partial charge on any atom is -0.444 e. The minimum absolute atomic E-state index is 0.117. The number of halogens is 4. The monoisotopic (exact) mass is 594 g/mol. The second-order valence-electron chi connectivity index (χ2n) is 9.10. The third-order valence-electron chi connectivity index (χ3n) is 5.24. The summed E-state index contributed by atoms with van der Waals surface area (Å²) < 4.78 is 3.90. The van der Waals surface area contributed by atoms with Crippen LogP contribution < -0.4 is 10.2 Å². The van der Waals surface area contributed by atoms with Crippen molar-refractivity contribution in [3.63, 3.8) is 0 Å². The number of hydrogen-bond acceptors (Lipinski definition) is 5. The van der Waals surface area contributed by atoms with Gasteiger partial charge in [0, 0.05) is 36.1 Å². The summed E-state index contributed by atoms with van der Waals surface area (Å²) in [5, 5.41) is 12.3. The molecule has 0 atom stereocenters. The van der Waals surface area contributed by atoms with Gasteiger partial charge in [0.15, 0.2) is 0 Å². The van der Waals surface area contributed by atoms with E-state index in [1.54, 1.807) is 32.9 Å². The molecule has 1 aliphatic heterocycles. The van der Waals surface area contributed by atoms with Crippen LogP contribution in [0.2, 0.25) is 0 Å². The Hall–Kier alpha value is -1.73. The highest BCUT2D eigenvalue weighted by Crippen LogP contribution is 2.37. The summed E-state index contributed by atoms with van der Waals surface area (Å²) in [5.74, 6) is -1.14. The molecule has 0 unspecified atom stereocenters. The SMILES string of the molecule is Cc1cc(N(C(=O)NC(=O)C(Cl)(Cl)Cl)C2(C#N)CCN(C(=O)OC(C)(C)C)CC2)cc(C)c1Br. The van der Waals surface area contributed by atoms with Crippen molar-refractivity contribution in [2.24, 2.45) is 0 Å². The first-order valence-electron chi connectivity index (χ1n) is 10.4. The van der Waals surface area contributed by atoms with Gasteiger partial charge in [-0.25, -0.2) is 9.59 Å². The van der Waals surface area contributed by atoms with Gasteiger partial charge in [-0.2, -0.15) is 5.26 Å². The van der Waals surface area contributed by atoms with Crippen molar-refractivity contribution in [1.82, 2.24) is 10.2 Å². The summed E-state index contributed by atoms with van der Waals surface area (Å²) in [6.07, 6.45) is -0.268. The second kappa shape index (κ2) is 10.5. The molecule has 1 saturated heterocycles. The summed E-state index contributed by atoms with van der Waals surface area (Å²) in [4.78, 5) is 40.8. The van der Waals surface area contributed by atoms with Gasteiger partial charge in [0.05, 0.1) is 6.07 Å². The van der Waals surface area contributed by atoms with Crippen molar-refractivity contribution in [1.29, 1.82) is 5.26 Å². The highest BCUT2D eigenvalue weighted by atomic mass is 79.9. The molecule has 34 heavy (non-hydrogen) atoms. The Labute approximate surface area is 222 Å². The van der Waals surface area contributed by atoms with Crippen molar-refractivity contribution in [2.75, 3.05) is 18.0 Å². The topological polar surface area (TPSA) is 103 Å². The predicted molar refractivity (Wildman–Crippen MR) is 135 cm³/mol. The molecule has 12 heteroatoms. The Morgan fingerprint density at radius 3 is 2.06 bits per heavy atom. The van der Waals surface area contributed by atoms with E-state index in [0.717, 1.165) is 15.6 Å². The van der Waals surface area contributed by atoms with Crippen LogP contribution in [0.25, 0.3) is 0 Å². The fourth-order valence-electron chi connectivity index (χ4n) is 3.61. The molecule has 1 aliphatic rings. The van der Waals surface area contributed by atoms with Gasteiger partial charge in [-0.05, 0) is 57.9 Å². The fourth-order valence-corrected chi connectivity index (χ4v) is 3.98. The first-order chi connectivity index (χ1) is 15.5.